The summed E-state index contributed by atoms with van der Waals surface area (Å²) < 4.78 is 65.4. The fourth-order valence-electron chi connectivity index (χ4n) is 3.15. The van der Waals surface area contributed by atoms with Gasteiger partial charge in [-0.2, -0.15) is 17.5 Å². The molecule has 1 aliphatic rings. The SMILES string of the molecule is CC(C)(C)C[C@H]1CN(C(=O)O)CCN1S(=O)(=O)c1ccc(C(F)(F)F)cc1. The van der Waals surface area contributed by atoms with E-state index >= 15 is 0 Å². The van der Waals surface area contributed by atoms with Gasteiger partial charge in [-0.3, -0.25) is 0 Å². The Balaban J connectivity index is 2.35. The summed E-state index contributed by atoms with van der Waals surface area (Å²) in [5, 5.41) is 9.22. The molecule has 0 spiro atoms. The van der Waals surface area contributed by atoms with E-state index in [1.165, 1.54) is 4.31 Å². The van der Waals surface area contributed by atoms with E-state index in [2.05, 4.69) is 0 Å². The number of hydrogen-bond acceptors (Lipinski definition) is 3. The third-order valence-electron chi connectivity index (χ3n) is 4.34. The maximum absolute atomic E-state index is 13.0. The molecule has 1 aliphatic heterocycles. The van der Waals surface area contributed by atoms with E-state index in [0.717, 1.165) is 29.2 Å². The molecule has 152 valence electrons. The van der Waals surface area contributed by atoms with E-state index in [1.54, 1.807) is 0 Å². The molecule has 1 aromatic carbocycles. The first kappa shape index (κ1) is 21.5. The Kier molecular flexibility index (Phi) is 5.82. The van der Waals surface area contributed by atoms with Crippen molar-refractivity contribution in [3.05, 3.63) is 29.8 Å². The maximum Gasteiger partial charge on any atom is 0.416 e. The molecular weight excluding hydrogens is 385 g/mol. The van der Waals surface area contributed by atoms with Gasteiger partial charge in [0.1, 0.15) is 0 Å². The molecule has 1 atom stereocenters. The number of carbonyl (C=O) groups is 1. The Morgan fingerprint density at radius 1 is 1.15 bits per heavy atom. The van der Waals surface area contributed by atoms with Crippen LogP contribution < -0.4 is 0 Å². The van der Waals surface area contributed by atoms with Gasteiger partial charge in [-0.25, -0.2) is 13.2 Å². The number of amides is 1. The Morgan fingerprint density at radius 2 is 1.70 bits per heavy atom. The van der Waals surface area contributed by atoms with E-state index in [-0.39, 0.29) is 29.9 Å². The number of piperazine rings is 1. The molecule has 0 radical (unpaired) electrons. The van der Waals surface area contributed by atoms with Gasteiger partial charge in [0.15, 0.2) is 0 Å². The molecule has 2 rings (SSSR count). The largest absolute Gasteiger partial charge is 0.465 e. The summed E-state index contributed by atoms with van der Waals surface area (Å²) in [4.78, 5) is 12.2. The lowest BCUT2D eigenvalue weighted by Crippen LogP contribution is -2.57. The van der Waals surface area contributed by atoms with Gasteiger partial charge in [0.05, 0.1) is 10.5 Å². The Labute approximate surface area is 156 Å². The monoisotopic (exact) mass is 408 g/mol. The van der Waals surface area contributed by atoms with Crippen molar-refractivity contribution in [1.29, 1.82) is 0 Å². The molecule has 0 saturated carbocycles. The lowest BCUT2D eigenvalue weighted by atomic mass is 9.87. The predicted octanol–water partition coefficient (Wildman–Crippen LogP) is 3.49. The highest BCUT2D eigenvalue weighted by atomic mass is 32.2. The van der Waals surface area contributed by atoms with E-state index < -0.39 is 33.9 Å². The van der Waals surface area contributed by atoms with Crippen molar-refractivity contribution in [2.24, 2.45) is 5.41 Å². The van der Waals surface area contributed by atoms with Crippen molar-refractivity contribution >= 4 is 16.1 Å². The van der Waals surface area contributed by atoms with Crippen molar-refractivity contribution in [2.45, 2.75) is 44.3 Å². The topological polar surface area (TPSA) is 77.9 Å². The number of benzene rings is 1. The standard InChI is InChI=1S/C17H23F3N2O4S/c1-16(2,3)10-13-11-21(15(23)24)8-9-22(13)27(25,26)14-6-4-12(5-7-14)17(18,19)20/h4-7,13H,8-11H2,1-3H3,(H,23,24)/t13-/m0/s1. The normalized spacial score (nSPS) is 19.9. The number of rotatable bonds is 3. The van der Waals surface area contributed by atoms with Crippen molar-refractivity contribution in [3.63, 3.8) is 0 Å². The number of alkyl halides is 3. The van der Waals surface area contributed by atoms with Crippen LogP contribution in [0.25, 0.3) is 0 Å². The molecule has 0 aromatic heterocycles. The van der Waals surface area contributed by atoms with E-state index in [9.17, 15) is 31.5 Å². The smallest absolute Gasteiger partial charge is 0.416 e. The Hall–Kier alpha value is -1.81. The van der Waals surface area contributed by atoms with Crippen LogP contribution in [0.3, 0.4) is 0 Å². The minimum Gasteiger partial charge on any atom is -0.465 e. The fourth-order valence-corrected chi connectivity index (χ4v) is 4.76. The van der Waals surface area contributed by atoms with Crippen molar-refractivity contribution < 1.29 is 31.5 Å². The van der Waals surface area contributed by atoms with Gasteiger partial charge in [0, 0.05) is 25.7 Å². The second-order valence-corrected chi connectivity index (χ2v) is 9.68. The highest BCUT2D eigenvalue weighted by Gasteiger charge is 2.39. The van der Waals surface area contributed by atoms with Gasteiger partial charge in [-0.15, -0.1) is 0 Å². The number of nitrogens with zero attached hydrogens (tertiary/aromatic N) is 2. The third kappa shape index (κ3) is 5.13. The molecule has 1 saturated heterocycles. The Morgan fingerprint density at radius 3 is 2.15 bits per heavy atom. The van der Waals surface area contributed by atoms with Gasteiger partial charge in [0.2, 0.25) is 10.0 Å². The molecule has 10 heteroatoms. The highest BCUT2D eigenvalue weighted by molar-refractivity contribution is 7.89. The molecule has 0 unspecified atom stereocenters. The van der Waals surface area contributed by atoms with E-state index in [1.807, 2.05) is 20.8 Å². The summed E-state index contributed by atoms with van der Waals surface area (Å²) in [5.74, 6) is 0. The van der Waals surface area contributed by atoms with Gasteiger partial charge < -0.3 is 10.0 Å². The van der Waals surface area contributed by atoms with Gasteiger partial charge in [0.25, 0.3) is 0 Å². The minimum absolute atomic E-state index is 0.00976. The van der Waals surface area contributed by atoms with Crippen LogP contribution in [0.5, 0.6) is 0 Å². The maximum atomic E-state index is 13.0. The average Bonchev–Trinajstić information content (AvgIpc) is 2.52. The average molecular weight is 408 g/mol. The minimum atomic E-state index is -4.55. The molecule has 0 bridgehead atoms. The van der Waals surface area contributed by atoms with Crippen molar-refractivity contribution in [3.8, 4) is 0 Å². The molecule has 27 heavy (non-hydrogen) atoms. The second kappa shape index (κ2) is 7.31. The number of carboxylic acid groups (broad SMARTS) is 1. The lowest BCUT2D eigenvalue weighted by Gasteiger charge is -2.41. The number of halogens is 3. The molecule has 1 heterocycles. The van der Waals surface area contributed by atoms with Crippen LogP contribution in [0.15, 0.2) is 29.2 Å². The number of sulfonamides is 1. The summed E-state index contributed by atoms with van der Waals surface area (Å²) in [6.45, 7) is 5.72. The zero-order valence-electron chi connectivity index (χ0n) is 15.3. The Bertz CT molecular complexity index is 786. The third-order valence-corrected chi connectivity index (χ3v) is 6.30. The zero-order valence-corrected chi connectivity index (χ0v) is 16.1. The summed E-state index contributed by atoms with van der Waals surface area (Å²) in [7, 11) is -4.05. The van der Waals surface area contributed by atoms with Gasteiger partial charge >= 0.3 is 12.3 Å². The first-order valence-electron chi connectivity index (χ1n) is 8.39. The summed E-state index contributed by atoms with van der Waals surface area (Å²) in [6.07, 6.45) is -5.26. The summed E-state index contributed by atoms with van der Waals surface area (Å²) in [6, 6.07) is 2.76. The first-order chi connectivity index (χ1) is 12.2. The highest BCUT2D eigenvalue weighted by Crippen LogP contribution is 2.32. The van der Waals surface area contributed by atoms with Crippen LogP contribution in [0.1, 0.15) is 32.8 Å². The van der Waals surface area contributed by atoms with Gasteiger partial charge in [-0.05, 0) is 36.1 Å². The quantitative estimate of drug-likeness (QED) is 0.831. The van der Waals surface area contributed by atoms with E-state index in [0.29, 0.717) is 6.42 Å². The fraction of sp³-hybridized carbons (Fsp3) is 0.588. The van der Waals surface area contributed by atoms with Crippen molar-refractivity contribution in [1.82, 2.24) is 9.21 Å². The van der Waals surface area contributed by atoms with E-state index in [4.69, 9.17) is 0 Å². The van der Waals surface area contributed by atoms with Crippen LogP contribution in [-0.4, -0.2) is 54.5 Å². The number of hydrogen-bond donors (Lipinski definition) is 1. The summed E-state index contributed by atoms with van der Waals surface area (Å²) in [5.41, 5.74) is -1.19. The van der Waals surface area contributed by atoms with Crippen LogP contribution in [0.2, 0.25) is 0 Å². The molecular formula is C17H23F3N2O4S. The molecule has 1 amide bonds. The predicted molar refractivity (Wildman–Crippen MR) is 92.8 cm³/mol. The molecule has 0 aliphatic carbocycles. The van der Waals surface area contributed by atoms with Crippen LogP contribution in [0.4, 0.5) is 18.0 Å². The summed E-state index contributed by atoms with van der Waals surface area (Å²) >= 11 is 0. The molecule has 6 nitrogen and oxygen atoms in total. The van der Waals surface area contributed by atoms with Crippen LogP contribution >= 0.6 is 0 Å². The van der Waals surface area contributed by atoms with Gasteiger partial charge in [-0.1, -0.05) is 20.8 Å². The lowest BCUT2D eigenvalue weighted by molar-refractivity contribution is -0.137. The first-order valence-corrected chi connectivity index (χ1v) is 9.83. The molecule has 1 N–H and O–H groups in total. The second-order valence-electron chi connectivity index (χ2n) is 7.79. The van der Waals surface area contributed by atoms with Crippen LogP contribution in [-0.2, 0) is 16.2 Å². The molecule has 1 aromatic rings. The van der Waals surface area contributed by atoms with Crippen LogP contribution in [0, 0.1) is 5.41 Å². The zero-order chi connectivity index (χ0) is 20.6. The molecule has 1 fully saturated rings. The van der Waals surface area contributed by atoms with Crippen molar-refractivity contribution in [2.75, 3.05) is 19.6 Å².